The van der Waals surface area contributed by atoms with Crippen LogP contribution in [-0.2, 0) is 4.74 Å². The van der Waals surface area contributed by atoms with Crippen molar-refractivity contribution in [2.24, 2.45) is 0 Å². The molecule has 0 aromatic carbocycles. The van der Waals surface area contributed by atoms with Crippen molar-refractivity contribution in [3.8, 4) is 0 Å². The quantitative estimate of drug-likeness (QED) is 0.263. The van der Waals surface area contributed by atoms with Gasteiger partial charge in [0.05, 0.1) is 12.7 Å². The van der Waals surface area contributed by atoms with Crippen molar-refractivity contribution in [3.05, 3.63) is 0 Å². The normalized spacial score (nSPS) is 15.1. The number of aliphatic hydroxyl groups is 3. The van der Waals surface area contributed by atoms with Gasteiger partial charge in [-0.1, -0.05) is 97.3 Å². The molecule has 0 heterocycles. The molecule has 3 atom stereocenters. The van der Waals surface area contributed by atoms with E-state index in [1.807, 2.05) is 0 Å². The predicted octanol–water partition coefficient (Wildman–Crippen LogP) is 4.98. The summed E-state index contributed by atoms with van der Waals surface area (Å²) >= 11 is 0. The van der Waals surface area contributed by atoms with Gasteiger partial charge in [-0.25, -0.2) is 0 Å². The molecule has 3 N–H and O–H groups in total. The first-order valence-electron chi connectivity index (χ1n) is 11.3. The molecule has 0 radical (unpaired) electrons. The summed E-state index contributed by atoms with van der Waals surface area (Å²) in [6, 6.07) is 0. The monoisotopic (exact) mass is 374 g/mol. The van der Waals surface area contributed by atoms with E-state index in [2.05, 4.69) is 13.8 Å². The van der Waals surface area contributed by atoms with Gasteiger partial charge in [-0.15, -0.1) is 0 Å². The van der Waals surface area contributed by atoms with Gasteiger partial charge in [-0.3, -0.25) is 0 Å². The van der Waals surface area contributed by atoms with E-state index in [-0.39, 0.29) is 6.61 Å². The van der Waals surface area contributed by atoms with Crippen molar-refractivity contribution in [3.63, 3.8) is 0 Å². The van der Waals surface area contributed by atoms with Crippen LogP contribution in [0.15, 0.2) is 0 Å². The van der Waals surface area contributed by atoms with Crippen molar-refractivity contribution < 1.29 is 20.1 Å². The van der Waals surface area contributed by atoms with Crippen LogP contribution in [-0.4, -0.2) is 46.8 Å². The van der Waals surface area contributed by atoms with Crippen molar-refractivity contribution in [2.75, 3.05) is 13.2 Å². The lowest BCUT2D eigenvalue weighted by Gasteiger charge is -2.27. The maximum Gasteiger partial charge on any atom is 0.111 e. The second-order valence-corrected chi connectivity index (χ2v) is 7.68. The van der Waals surface area contributed by atoms with E-state index >= 15 is 0 Å². The molecular weight excluding hydrogens is 328 g/mol. The third-order valence-corrected chi connectivity index (χ3v) is 5.11. The summed E-state index contributed by atoms with van der Waals surface area (Å²) in [6.07, 6.45) is 15.1. The number of hydrogen-bond donors (Lipinski definition) is 3. The first-order valence-corrected chi connectivity index (χ1v) is 11.3. The van der Waals surface area contributed by atoms with E-state index in [9.17, 15) is 15.3 Å². The fourth-order valence-electron chi connectivity index (χ4n) is 3.34. The van der Waals surface area contributed by atoms with Crippen LogP contribution in [0.1, 0.15) is 110 Å². The summed E-state index contributed by atoms with van der Waals surface area (Å²) in [6.45, 7) is 4.62. The summed E-state index contributed by atoms with van der Waals surface area (Å²) in [5.41, 5.74) is 0. The standard InChI is InChI=1S/C22H46O4/c1-3-5-7-9-11-13-15-17-20(24)22(21(25)19-23)26-18-16-14-12-10-8-6-4-2/h20-25H,3-19H2,1-2H3. The van der Waals surface area contributed by atoms with Crippen LogP contribution in [0, 0.1) is 0 Å². The Hall–Kier alpha value is -0.160. The lowest BCUT2D eigenvalue weighted by molar-refractivity contribution is -0.115. The Morgan fingerprint density at radius 2 is 1.08 bits per heavy atom. The van der Waals surface area contributed by atoms with E-state index in [0.717, 1.165) is 25.7 Å². The van der Waals surface area contributed by atoms with E-state index in [4.69, 9.17) is 4.74 Å². The van der Waals surface area contributed by atoms with Gasteiger partial charge >= 0.3 is 0 Å². The summed E-state index contributed by atoms with van der Waals surface area (Å²) in [7, 11) is 0. The van der Waals surface area contributed by atoms with Crippen LogP contribution in [0.3, 0.4) is 0 Å². The fourth-order valence-corrected chi connectivity index (χ4v) is 3.34. The fraction of sp³-hybridized carbons (Fsp3) is 1.00. The van der Waals surface area contributed by atoms with Crippen LogP contribution < -0.4 is 0 Å². The van der Waals surface area contributed by atoms with E-state index in [0.29, 0.717) is 13.0 Å². The summed E-state index contributed by atoms with van der Waals surface area (Å²) in [5.74, 6) is 0. The molecular formula is C22H46O4. The lowest BCUT2D eigenvalue weighted by atomic mass is 10.0. The molecule has 0 amide bonds. The molecule has 3 unspecified atom stereocenters. The van der Waals surface area contributed by atoms with Gasteiger partial charge in [-0.2, -0.15) is 0 Å². The largest absolute Gasteiger partial charge is 0.394 e. The van der Waals surface area contributed by atoms with Crippen LogP contribution in [0.25, 0.3) is 0 Å². The average Bonchev–Trinajstić information content (AvgIpc) is 2.65. The number of ether oxygens (including phenoxy) is 1. The SMILES string of the molecule is CCCCCCCCCOC(C(O)CO)C(O)CCCCCCCCC. The minimum Gasteiger partial charge on any atom is -0.394 e. The van der Waals surface area contributed by atoms with Gasteiger partial charge in [0.15, 0.2) is 0 Å². The third kappa shape index (κ3) is 15.0. The highest BCUT2D eigenvalue weighted by Gasteiger charge is 2.26. The molecule has 0 spiro atoms. The smallest absolute Gasteiger partial charge is 0.111 e. The first kappa shape index (κ1) is 25.8. The van der Waals surface area contributed by atoms with E-state index < -0.39 is 18.3 Å². The second-order valence-electron chi connectivity index (χ2n) is 7.68. The molecule has 26 heavy (non-hydrogen) atoms. The number of hydrogen-bond acceptors (Lipinski definition) is 4. The lowest BCUT2D eigenvalue weighted by Crippen LogP contribution is -2.42. The predicted molar refractivity (Wildman–Crippen MR) is 109 cm³/mol. The van der Waals surface area contributed by atoms with Crippen molar-refractivity contribution in [1.82, 2.24) is 0 Å². The minimum atomic E-state index is -1.00. The number of rotatable bonds is 20. The molecule has 0 aromatic rings. The highest BCUT2D eigenvalue weighted by molar-refractivity contribution is 4.77. The molecule has 0 aliphatic carbocycles. The molecule has 0 aromatic heterocycles. The van der Waals surface area contributed by atoms with Crippen molar-refractivity contribution in [2.45, 2.75) is 128 Å². The maximum absolute atomic E-state index is 10.4. The molecule has 4 nitrogen and oxygen atoms in total. The molecule has 0 aliphatic rings. The molecule has 0 saturated carbocycles. The second kappa shape index (κ2) is 19.6. The number of aliphatic hydroxyl groups excluding tert-OH is 3. The Morgan fingerprint density at radius 3 is 1.58 bits per heavy atom. The van der Waals surface area contributed by atoms with E-state index in [1.165, 1.54) is 64.2 Å². The third-order valence-electron chi connectivity index (χ3n) is 5.11. The van der Waals surface area contributed by atoms with Crippen LogP contribution in [0.4, 0.5) is 0 Å². The Kier molecular flexibility index (Phi) is 19.5. The first-order chi connectivity index (χ1) is 12.7. The number of unbranched alkanes of at least 4 members (excludes halogenated alkanes) is 12. The summed E-state index contributed by atoms with van der Waals surface area (Å²) in [4.78, 5) is 0. The molecule has 0 saturated heterocycles. The zero-order valence-corrected chi connectivity index (χ0v) is 17.5. The average molecular weight is 375 g/mol. The van der Waals surface area contributed by atoms with Crippen LogP contribution in [0.5, 0.6) is 0 Å². The highest BCUT2D eigenvalue weighted by Crippen LogP contribution is 2.16. The molecule has 0 fully saturated rings. The molecule has 4 heteroatoms. The van der Waals surface area contributed by atoms with Gasteiger partial charge < -0.3 is 20.1 Å². The molecule has 0 aliphatic heterocycles. The Labute approximate surface area is 162 Å². The minimum absolute atomic E-state index is 0.365. The van der Waals surface area contributed by atoms with Crippen molar-refractivity contribution >= 4 is 0 Å². The molecule has 0 bridgehead atoms. The maximum atomic E-state index is 10.4. The van der Waals surface area contributed by atoms with Gasteiger partial charge in [0.2, 0.25) is 0 Å². The van der Waals surface area contributed by atoms with Gasteiger partial charge in [-0.05, 0) is 12.8 Å². The Bertz CT molecular complexity index is 273. The zero-order valence-electron chi connectivity index (χ0n) is 17.5. The molecule has 158 valence electrons. The van der Waals surface area contributed by atoms with Crippen LogP contribution >= 0.6 is 0 Å². The van der Waals surface area contributed by atoms with Crippen LogP contribution in [0.2, 0.25) is 0 Å². The van der Waals surface area contributed by atoms with Gasteiger partial charge in [0.25, 0.3) is 0 Å². The molecule has 0 rings (SSSR count). The van der Waals surface area contributed by atoms with Gasteiger partial charge in [0.1, 0.15) is 12.2 Å². The van der Waals surface area contributed by atoms with Gasteiger partial charge in [0, 0.05) is 6.61 Å². The Balaban J connectivity index is 3.85. The topological polar surface area (TPSA) is 69.9 Å². The zero-order chi connectivity index (χ0) is 19.5. The summed E-state index contributed by atoms with van der Waals surface area (Å²) < 4.78 is 5.73. The highest BCUT2D eigenvalue weighted by atomic mass is 16.5. The van der Waals surface area contributed by atoms with Crippen molar-refractivity contribution in [1.29, 1.82) is 0 Å². The Morgan fingerprint density at radius 1 is 0.615 bits per heavy atom. The summed E-state index contributed by atoms with van der Waals surface area (Å²) in [5, 5.41) is 29.5. The van der Waals surface area contributed by atoms with E-state index in [1.54, 1.807) is 0 Å².